The molecule has 1 fully saturated rings. The van der Waals surface area contributed by atoms with Crippen LogP contribution in [0.15, 0.2) is 18.2 Å². The second-order valence-corrected chi connectivity index (χ2v) is 5.41. The van der Waals surface area contributed by atoms with E-state index in [2.05, 4.69) is 5.32 Å². The van der Waals surface area contributed by atoms with Gasteiger partial charge in [-0.3, -0.25) is 4.79 Å². The molecular weight excluding hydrogens is 304 g/mol. The van der Waals surface area contributed by atoms with E-state index >= 15 is 0 Å². The lowest BCUT2D eigenvalue weighted by atomic mass is 10.1. The monoisotopic (exact) mass is 328 g/mol. The van der Waals surface area contributed by atoms with E-state index in [-0.39, 0.29) is 24.9 Å². The Kier molecular flexibility index (Phi) is 7.48. The summed E-state index contributed by atoms with van der Waals surface area (Å²) in [5.41, 5.74) is 1.10. The second kappa shape index (κ2) is 8.86. The van der Waals surface area contributed by atoms with Crippen molar-refractivity contribution < 1.29 is 14.3 Å². The molecule has 0 bridgehead atoms. The third kappa shape index (κ3) is 4.78. The van der Waals surface area contributed by atoms with E-state index in [1.807, 2.05) is 37.1 Å². The maximum Gasteiger partial charge on any atom is 0.260 e. The molecule has 0 radical (unpaired) electrons. The number of nitrogens with one attached hydrogen (secondary N) is 1. The first-order chi connectivity index (χ1) is 10.1. The van der Waals surface area contributed by atoms with Crippen LogP contribution in [0.4, 0.5) is 0 Å². The number of amides is 1. The lowest BCUT2D eigenvalue weighted by Crippen LogP contribution is -2.48. The van der Waals surface area contributed by atoms with Crippen molar-refractivity contribution in [2.45, 2.75) is 25.8 Å². The third-order valence-electron chi connectivity index (χ3n) is 3.85. The Morgan fingerprint density at radius 3 is 2.86 bits per heavy atom. The van der Waals surface area contributed by atoms with Gasteiger partial charge in [-0.05, 0) is 44.5 Å². The van der Waals surface area contributed by atoms with Crippen molar-refractivity contribution in [1.29, 1.82) is 0 Å². The van der Waals surface area contributed by atoms with E-state index in [9.17, 15) is 4.79 Å². The molecule has 5 nitrogen and oxygen atoms in total. The number of carbonyl (C=O) groups excluding carboxylic acids is 1. The SMILES string of the molecule is CNC1CCCN(C(=O)COc2ccc(C)cc2OC)C1.Cl. The Hall–Kier alpha value is -1.46. The Morgan fingerprint density at radius 2 is 2.18 bits per heavy atom. The van der Waals surface area contributed by atoms with Crippen LogP contribution in [0.5, 0.6) is 11.5 Å². The van der Waals surface area contributed by atoms with Crippen LogP contribution in [0.3, 0.4) is 0 Å². The zero-order chi connectivity index (χ0) is 15.2. The predicted molar refractivity (Wildman–Crippen MR) is 89.1 cm³/mol. The predicted octanol–water partition coefficient (Wildman–Crippen LogP) is 2.01. The molecular formula is C16H25ClN2O3. The molecule has 1 aromatic rings. The maximum absolute atomic E-state index is 12.2. The van der Waals surface area contributed by atoms with Crippen molar-refractivity contribution in [3.05, 3.63) is 23.8 Å². The molecule has 124 valence electrons. The summed E-state index contributed by atoms with van der Waals surface area (Å²) >= 11 is 0. The number of nitrogens with zero attached hydrogens (tertiary/aromatic N) is 1. The fourth-order valence-corrected chi connectivity index (χ4v) is 2.56. The van der Waals surface area contributed by atoms with Crippen LogP contribution in [0.2, 0.25) is 0 Å². The number of benzene rings is 1. The number of likely N-dealkylation sites (tertiary alicyclic amines) is 1. The molecule has 1 unspecified atom stereocenters. The molecule has 1 atom stereocenters. The standard InChI is InChI=1S/C16H24N2O3.ClH/c1-12-6-7-14(15(9-12)20-3)21-11-16(19)18-8-4-5-13(10-18)17-2;/h6-7,9,13,17H,4-5,8,10-11H2,1-3H3;1H. The highest BCUT2D eigenvalue weighted by atomic mass is 35.5. The summed E-state index contributed by atoms with van der Waals surface area (Å²) in [6.07, 6.45) is 2.15. The highest BCUT2D eigenvalue weighted by Gasteiger charge is 2.23. The van der Waals surface area contributed by atoms with Gasteiger partial charge in [-0.1, -0.05) is 6.07 Å². The van der Waals surface area contributed by atoms with Crippen molar-refractivity contribution in [2.24, 2.45) is 0 Å². The summed E-state index contributed by atoms with van der Waals surface area (Å²) in [4.78, 5) is 14.1. The van der Waals surface area contributed by atoms with Crippen LogP contribution < -0.4 is 14.8 Å². The molecule has 1 aliphatic heterocycles. The van der Waals surface area contributed by atoms with Crippen LogP contribution in [0.1, 0.15) is 18.4 Å². The lowest BCUT2D eigenvalue weighted by Gasteiger charge is -2.32. The average Bonchev–Trinajstić information content (AvgIpc) is 2.53. The molecule has 0 aromatic heterocycles. The minimum Gasteiger partial charge on any atom is -0.493 e. The van der Waals surface area contributed by atoms with Crippen LogP contribution in [-0.2, 0) is 4.79 Å². The van der Waals surface area contributed by atoms with Gasteiger partial charge in [0.25, 0.3) is 5.91 Å². The quantitative estimate of drug-likeness (QED) is 0.898. The number of carbonyl (C=O) groups is 1. The topological polar surface area (TPSA) is 50.8 Å². The van der Waals surface area contributed by atoms with Crippen LogP contribution in [-0.4, -0.2) is 50.7 Å². The summed E-state index contributed by atoms with van der Waals surface area (Å²) in [7, 11) is 3.54. The molecule has 0 saturated carbocycles. The summed E-state index contributed by atoms with van der Waals surface area (Å²) in [5.74, 6) is 1.30. The van der Waals surface area contributed by atoms with E-state index in [0.717, 1.165) is 31.5 Å². The van der Waals surface area contributed by atoms with E-state index < -0.39 is 0 Å². The van der Waals surface area contributed by atoms with Gasteiger partial charge in [-0.15, -0.1) is 12.4 Å². The minimum absolute atomic E-state index is 0. The van der Waals surface area contributed by atoms with Crippen molar-refractivity contribution in [2.75, 3.05) is 33.9 Å². The molecule has 1 amide bonds. The molecule has 22 heavy (non-hydrogen) atoms. The molecule has 0 spiro atoms. The summed E-state index contributed by atoms with van der Waals surface area (Å²) in [5, 5.41) is 3.23. The number of hydrogen-bond donors (Lipinski definition) is 1. The van der Waals surface area contributed by atoms with Gasteiger partial charge < -0.3 is 19.7 Å². The largest absolute Gasteiger partial charge is 0.493 e. The van der Waals surface area contributed by atoms with Gasteiger partial charge in [0.15, 0.2) is 18.1 Å². The van der Waals surface area contributed by atoms with E-state index in [1.54, 1.807) is 7.11 Å². The first kappa shape index (κ1) is 18.6. The number of rotatable bonds is 5. The number of piperidine rings is 1. The highest BCUT2D eigenvalue weighted by molar-refractivity contribution is 5.85. The van der Waals surface area contributed by atoms with Crippen LogP contribution in [0.25, 0.3) is 0 Å². The number of halogens is 1. The van der Waals surface area contributed by atoms with Gasteiger partial charge in [0.2, 0.25) is 0 Å². The van der Waals surface area contributed by atoms with Crippen molar-refractivity contribution >= 4 is 18.3 Å². The molecule has 0 aliphatic carbocycles. The Bertz CT molecular complexity index is 496. The van der Waals surface area contributed by atoms with Gasteiger partial charge in [-0.2, -0.15) is 0 Å². The second-order valence-electron chi connectivity index (χ2n) is 5.41. The van der Waals surface area contributed by atoms with E-state index in [4.69, 9.17) is 9.47 Å². The number of aryl methyl sites for hydroxylation is 1. The van der Waals surface area contributed by atoms with Gasteiger partial charge in [-0.25, -0.2) is 0 Å². The maximum atomic E-state index is 12.2. The molecule has 1 N–H and O–H groups in total. The zero-order valence-electron chi connectivity index (χ0n) is 13.4. The smallest absolute Gasteiger partial charge is 0.260 e. The number of methoxy groups -OCH3 is 1. The van der Waals surface area contributed by atoms with Crippen molar-refractivity contribution in [3.8, 4) is 11.5 Å². The molecule has 1 aromatic carbocycles. The molecule has 1 aliphatic rings. The van der Waals surface area contributed by atoms with Gasteiger partial charge >= 0.3 is 0 Å². The first-order valence-electron chi connectivity index (χ1n) is 7.36. The van der Waals surface area contributed by atoms with Crippen LogP contribution in [0, 0.1) is 6.92 Å². The summed E-state index contributed by atoms with van der Waals surface area (Å²) in [6, 6.07) is 6.07. The lowest BCUT2D eigenvalue weighted by molar-refractivity contribution is -0.134. The summed E-state index contributed by atoms with van der Waals surface area (Å²) < 4.78 is 10.9. The van der Waals surface area contributed by atoms with E-state index in [0.29, 0.717) is 17.5 Å². The van der Waals surface area contributed by atoms with Crippen molar-refractivity contribution in [1.82, 2.24) is 10.2 Å². The highest BCUT2D eigenvalue weighted by Crippen LogP contribution is 2.27. The number of hydrogen-bond acceptors (Lipinski definition) is 4. The average molecular weight is 329 g/mol. The first-order valence-corrected chi connectivity index (χ1v) is 7.36. The molecule has 1 heterocycles. The minimum atomic E-state index is 0. The Balaban J connectivity index is 0.00000242. The molecule has 1 saturated heterocycles. The zero-order valence-corrected chi connectivity index (χ0v) is 14.2. The van der Waals surface area contributed by atoms with Gasteiger partial charge in [0, 0.05) is 19.1 Å². The molecule has 6 heteroatoms. The van der Waals surface area contributed by atoms with Crippen molar-refractivity contribution in [3.63, 3.8) is 0 Å². The fraction of sp³-hybridized carbons (Fsp3) is 0.562. The number of likely N-dealkylation sites (N-methyl/N-ethyl adjacent to an activating group) is 1. The van der Waals surface area contributed by atoms with Crippen LogP contribution >= 0.6 is 12.4 Å². The normalized spacial score (nSPS) is 17.6. The summed E-state index contributed by atoms with van der Waals surface area (Å²) in [6.45, 7) is 3.61. The number of ether oxygens (including phenoxy) is 2. The van der Waals surface area contributed by atoms with Gasteiger partial charge in [0.05, 0.1) is 7.11 Å². The third-order valence-corrected chi connectivity index (χ3v) is 3.85. The van der Waals surface area contributed by atoms with E-state index in [1.165, 1.54) is 0 Å². The Morgan fingerprint density at radius 1 is 1.41 bits per heavy atom. The van der Waals surface area contributed by atoms with Gasteiger partial charge in [0.1, 0.15) is 0 Å². The fourth-order valence-electron chi connectivity index (χ4n) is 2.56. The Labute approximate surface area is 138 Å². The molecule has 2 rings (SSSR count).